The molecule has 0 aliphatic heterocycles. The zero-order valence-electron chi connectivity index (χ0n) is 6.00. The maximum absolute atomic E-state index is 10.8. The summed E-state index contributed by atoms with van der Waals surface area (Å²) in [5.41, 5.74) is 1.05. The molecule has 0 spiro atoms. The number of nitrogens with zero attached hydrogens (tertiary/aromatic N) is 1. The van der Waals surface area contributed by atoms with Crippen LogP contribution in [0, 0.1) is 6.92 Å². The molecule has 0 amide bonds. The van der Waals surface area contributed by atoms with E-state index in [1.165, 1.54) is 11.7 Å². The summed E-state index contributed by atoms with van der Waals surface area (Å²) in [5.74, 6) is 0. The van der Waals surface area contributed by atoms with Crippen molar-refractivity contribution < 1.29 is 9.53 Å². The lowest BCUT2D eigenvalue weighted by atomic mass is 10.4. The lowest BCUT2D eigenvalue weighted by molar-refractivity contribution is 0.173. The van der Waals surface area contributed by atoms with Crippen molar-refractivity contribution in [2.45, 2.75) is 6.92 Å². The summed E-state index contributed by atoms with van der Waals surface area (Å²) in [5, 5.41) is 0. The fraction of sp³-hybridized carbons (Fsp3) is 0.286. The molecule has 0 bridgehead atoms. The fourth-order valence-corrected chi connectivity index (χ4v) is 0.722. The minimum atomic E-state index is -0.354. The van der Waals surface area contributed by atoms with Crippen molar-refractivity contribution in [1.82, 2.24) is 4.57 Å². The van der Waals surface area contributed by atoms with E-state index in [-0.39, 0.29) is 6.09 Å². The van der Waals surface area contributed by atoms with Crippen LogP contribution in [0.15, 0.2) is 18.5 Å². The third-order valence-corrected chi connectivity index (χ3v) is 1.23. The summed E-state index contributed by atoms with van der Waals surface area (Å²) in [6.07, 6.45) is 3.03. The van der Waals surface area contributed by atoms with Gasteiger partial charge in [-0.05, 0) is 18.6 Å². The van der Waals surface area contributed by atoms with E-state index < -0.39 is 0 Å². The summed E-state index contributed by atoms with van der Waals surface area (Å²) in [4.78, 5) is 10.8. The van der Waals surface area contributed by atoms with Crippen LogP contribution in [0.5, 0.6) is 0 Å². The monoisotopic (exact) mass is 139 g/mol. The Morgan fingerprint density at radius 1 is 1.70 bits per heavy atom. The van der Waals surface area contributed by atoms with Crippen molar-refractivity contribution in [3.05, 3.63) is 24.0 Å². The van der Waals surface area contributed by atoms with Crippen molar-refractivity contribution in [2.24, 2.45) is 0 Å². The molecule has 0 saturated heterocycles. The highest BCUT2D eigenvalue weighted by atomic mass is 16.5. The molecule has 0 radical (unpaired) electrons. The summed E-state index contributed by atoms with van der Waals surface area (Å²) in [6, 6.07) is 1.84. The van der Waals surface area contributed by atoms with Crippen LogP contribution >= 0.6 is 0 Å². The van der Waals surface area contributed by atoms with Gasteiger partial charge in [0.2, 0.25) is 0 Å². The molecule has 1 aromatic rings. The van der Waals surface area contributed by atoms with Gasteiger partial charge in [0.1, 0.15) is 0 Å². The zero-order chi connectivity index (χ0) is 7.56. The van der Waals surface area contributed by atoms with Crippen LogP contribution in [0.3, 0.4) is 0 Å². The molecule has 3 heteroatoms. The van der Waals surface area contributed by atoms with E-state index >= 15 is 0 Å². The molecule has 0 atom stereocenters. The van der Waals surface area contributed by atoms with Gasteiger partial charge in [0, 0.05) is 12.4 Å². The molecule has 3 nitrogen and oxygen atoms in total. The maximum atomic E-state index is 10.8. The maximum Gasteiger partial charge on any atom is 0.417 e. The Bertz CT molecular complexity index is 240. The molecule has 0 aliphatic rings. The minimum absolute atomic E-state index is 0.354. The summed E-state index contributed by atoms with van der Waals surface area (Å²) >= 11 is 0. The minimum Gasteiger partial charge on any atom is -0.452 e. The molecule has 0 unspecified atom stereocenters. The summed E-state index contributed by atoms with van der Waals surface area (Å²) in [6.45, 7) is 1.92. The van der Waals surface area contributed by atoms with Crippen LogP contribution < -0.4 is 0 Å². The van der Waals surface area contributed by atoms with Gasteiger partial charge < -0.3 is 4.74 Å². The van der Waals surface area contributed by atoms with Crippen molar-refractivity contribution in [3.63, 3.8) is 0 Å². The van der Waals surface area contributed by atoms with Gasteiger partial charge in [-0.15, -0.1) is 0 Å². The average Bonchev–Trinajstić information content (AvgIpc) is 2.34. The number of ether oxygens (including phenoxy) is 1. The molecule has 0 fully saturated rings. The first-order valence-corrected chi connectivity index (χ1v) is 2.97. The van der Waals surface area contributed by atoms with Crippen LogP contribution in [0.2, 0.25) is 0 Å². The van der Waals surface area contributed by atoms with E-state index in [1.54, 1.807) is 12.4 Å². The largest absolute Gasteiger partial charge is 0.452 e. The molecule has 0 aromatic carbocycles. The molecule has 0 saturated carbocycles. The third-order valence-electron chi connectivity index (χ3n) is 1.23. The first-order chi connectivity index (χ1) is 4.74. The number of rotatable bonds is 0. The molecular weight excluding hydrogens is 130 g/mol. The van der Waals surface area contributed by atoms with E-state index in [1.807, 2.05) is 13.0 Å². The van der Waals surface area contributed by atoms with Crippen LogP contribution in [-0.4, -0.2) is 17.8 Å². The lowest BCUT2D eigenvalue weighted by Crippen LogP contribution is -2.08. The van der Waals surface area contributed by atoms with Crippen molar-refractivity contribution in [2.75, 3.05) is 7.11 Å². The number of hydrogen-bond donors (Lipinski definition) is 0. The molecule has 1 heterocycles. The normalized spacial score (nSPS) is 9.40. The van der Waals surface area contributed by atoms with E-state index in [4.69, 9.17) is 0 Å². The highest BCUT2D eigenvalue weighted by Gasteiger charge is 2.00. The molecule has 1 aromatic heterocycles. The second-order valence-corrected chi connectivity index (χ2v) is 2.07. The number of hydrogen-bond acceptors (Lipinski definition) is 2. The topological polar surface area (TPSA) is 31.2 Å². The first-order valence-electron chi connectivity index (χ1n) is 2.97. The zero-order valence-corrected chi connectivity index (χ0v) is 6.00. The molecule has 0 aliphatic carbocycles. The highest BCUT2D eigenvalue weighted by molar-refractivity contribution is 5.70. The number of aromatic nitrogens is 1. The third kappa shape index (κ3) is 1.18. The Hall–Kier alpha value is -1.25. The van der Waals surface area contributed by atoms with Crippen LogP contribution in [0.1, 0.15) is 5.56 Å². The Kier molecular flexibility index (Phi) is 1.76. The van der Waals surface area contributed by atoms with Crippen LogP contribution in [0.25, 0.3) is 0 Å². The van der Waals surface area contributed by atoms with Gasteiger partial charge in [-0.1, -0.05) is 0 Å². The van der Waals surface area contributed by atoms with Gasteiger partial charge in [0.05, 0.1) is 7.11 Å². The predicted octanol–water partition coefficient (Wildman–Crippen LogP) is 1.41. The fourth-order valence-electron chi connectivity index (χ4n) is 0.722. The number of carbonyl (C=O) groups excluding carboxylic acids is 1. The van der Waals surface area contributed by atoms with Crippen molar-refractivity contribution in [1.29, 1.82) is 0 Å². The number of methoxy groups -OCH3 is 1. The van der Waals surface area contributed by atoms with Gasteiger partial charge in [-0.3, -0.25) is 4.57 Å². The molecule has 54 valence electrons. The predicted molar refractivity (Wildman–Crippen MR) is 37.0 cm³/mol. The quantitative estimate of drug-likeness (QED) is 0.544. The second-order valence-electron chi connectivity index (χ2n) is 2.07. The van der Waals surface area contributed by atoms with Crippen molar-refractivity contribution >= 4 is 6.09 Å². The van der Waals surface area contributed by atoms with E-state index in [9.17, 15) is 4.79 Å². The Morgan fingerprint density at radius 3 is 2.80 bits per heavy atom. The summed E-state index contributed by atoms with van der Waals surface area (Å²) < 4.78 is 5.87. The highest BCUT2D eigenvalue weighted by Crippen LogP contribution is 1.98. The van der Waals surface area contributed by atoms with Crippen LogP contribution in [0.4, 0.5) is 4.79 Å². The first kappa shape index (κ1) is 6.86. The molecule has 10 heavy (non-hydrogen) atoms. The van der Waals surface area contributed by atoms with Gasteiger partial charge in [-0.25, -0.2) is 4.79 Å². The van der Waals surface area contributed by atoms with Crippen LogP contribution in [-0.2, 0) is 4.74 Å². The van der Waals surface area contributed by atoms with E-state index in [0.29, 0.717) is 0 Å². The SMILES string of the molecule is COC(=O)n1ccc(C)c1. The standard InChI is InChI=1S/C7H9NO2/c1-6-3-4-8(5-6)7(9)10-2/h3-5H,1-2H3. The van der Waals surface area contributed by atoms with E-state index in [2.05, 4.69) is 4.74 Å². The molecular formula is C7H9NO2. The number of aryl methyl sites for hydroxylation is 1. The summed E-state index contributed by atoms with van der Waals surface area (Å²) in [7, 11) is 1.36. The Labute approximate surface area is 59.2 Å². The second kappa shape index (κ2) is 2.56. The Balaban J connectivity index is 2.85. The average molecular weight is 139 g/mol. The van der Waals surface area contributed by atoms with Crippen molar-refractivity contribution in [3.8, 4) is 0 Å². The van der Waals surface area contributed by atoms with Gasteiger partial charge in [-0.2, -0.15) is 0 Å². The van der Waals surface area contributed by atoms with Gasteiger partial charge in [0.15, 0.2) is 0 Å². The molecule has 1 rings (SSSR count). The smallest absolute Gasteiger partial charge is 0.417 e. The van der Waals surface area contributed by atoms with E-state index in [0.717, 1.165) is 5.56 Å². The lowest BCUT2D eigenvalue weighted by Gasteiger charge is -1.96. The van der Waals surface area contributed by atoms with Gasteiger partial charge in [0.25, 0.3) is 0 Å². The molecule has 0 N–H and O–H groups in total. The number of carbonyl (C=O) groups is 1. The van der Waals surface area contributed by atoms with Gasteiger partial charge >= 0.3 is 6.09 Å². The Morgan fingerprint density at radius 2 is 2.40 bits per heavy atom.